The second kappa shape index (κ2) is 11.1. The first-order valence-electron chi connectivity index (χ1n) is 14.0. The molecule has 2 saturated heterocycles. The molecular formula is C30H34F2N6O2. The molecule has 0 unspecified atom stereocenters. The van der Waals surface area contributed by atoms with Crippen molar-refractivity contribution < 1.29 is 18.0 Å². The van der Waals surface area contributed by atoms with Gasteiger partial charge in [-0.1, -0.05) is 6.07 Å². The number of carbonyl (C=O) groups excluding carboxylic acids is 1. The number of rotatable bonds is 7. The third kappa shape index (κ3) is 5.25. The van der Waals surface area contributed by atoms with Crippen LogP contribution in [0, 0.1) is 5.82 Å². The first-order valence-corrected chi connectivity index (χ1v) is 14.0. The normalized spacial score (nSPS) is 18.4. The van der Waals surface area contributed by atoms with E-state index in [4.69, 9.17) is 9.40 Å². The lowest BCUT2D eigenvalue weighted by Gasteiger charge is -2.40. The maximum Gasteiger partial charge on any atom is 0.260 e. The minimum atomic E-state index is -1.85. The predicted octanol–water partition coefficient (Wildman–Crippen LogP) is 4.72. The molecule has 10 heteroatoms. The van der Waals surface area contributed by atoms with Gasteiger partial charge in [0.15, 0.2) is 11.5 Å². The number of halogens is 2. The van der Waals surface area contributed by atoms with Gasteiger partial charge in [-0.3, -0.25) is 14.7 Å². The minimum Gasteiger partial charge on any atom is -0.463 e. The Hall–Kier alpha value is -3.63. The Bertz CT molecular complexity index is 1470. The van der Waals surface area contributed by atoms with Crippen LogP contribution in [0.3, 0.4) is 0 Å². The number of furan rings is 1. The van der Waals surface area contributed by atoms with Crippen LogP contribution in [0.15, 0.2) is 59.1 Å². The highest BCUT2D eigenvalue weighted by atomic mass is 19.1. The van der Waals surface area contributed by atoms with Gasteiger partial charge in [0.1, 0.15) is 23.0 Å². The average Bonchev–Trinajstić information content (AvgIpc) is 3.58. The third-order valence-corrected chi connectivity index (χ3v) is 8.14. The fourth-order valence-corrected chi connectivity index (χ4v) is 6.00. The van der Waals surface area contributed by atoms with Crippen LogP contribution in [0.25, 0.3) is 22.6 Å². The number of pyridine rings is 1. The lowest BCUT2D eigenvalue weighted by molar-refractivity contribution is -0.149. The second-order valence-corrected chi connectivity index (χ2v) is 10.8. The summed E-state index contributed by atoms with van der Waals surface area (Å²) < 4.78 is 37.9. The molecule has 2 aliphatic rings. The van der Waals surface area contributed by atoms with Crippen molar-refractivity contribution in [2.45, 2.75) is 50.5 Å². The summed E-state index contributed by atoms with van der Waals surface area (Å²) >= 11 is 0. The van der Waals surface area contributed by atoms with Gasteiger partial charge >= 0.3 is 0 Å². The van der Waals surface area contributed by atoms with Gasteiger partial charge in [0, 0.05) is 57.3 Å². The van der Waals surface area contributed by atoms with Gasteiger partial charge in [0.05, 0.1) is 24.1 Å². The number of hydrogen-bond acceptors (Lipinski definition) is 6. The molecule has 0 spiro atoms. The Morgan fingerprint density at radius 2 is 1.85 bits per heavy atom. The third-order valence-electron chi connectivity index (χ3n) is 8.14. The summed E-state index contributed by atoms with van der Waals surface area (Å²) in [7, 11) is 1.87. The summed E-state index contributed by atoms with van der Waals surface area (Å²) in [5.74, 6) is 1.66. The number of benzene rings is 1. The number of imidazole rings is 1. The molecule has 5 heterocycles. The van der Waals surface area contributed by atoms with Crippen molar-refractivity contribution in [1.82, 2.24) is 29.7 Å². The maximum atomic E-state index is 16.0. The van der Waals surface area contributed by atoms with Crippen LogP contribution in [0.5, 0.6) is 0 Å². The van der Waals surface area contributed by atoms with E-state index in [1.54, 1.807) is 17.2 Å². The quantitative estimate of drug-likeness (QED) is 0.360. The highest BCUT2D eigenvalue weighted by Gasteiger charge is 2.45. The molecule has 0 radical (unpaired) electrons. The zero-order valence-electron chi connectivity index (χ0n) is 22.7. The molecular weight excluding hydrogens is 514 g/mol. The number of piperidine rings is 2. The van der Waals surface area contributed by atoms with Crippen molar-refractivity contribution in [3.8, 4) is 11.5 Å². The Kier molecular flexibility index (Phi) is 7.37. The molecule has 2 fully saturated rings. The topological polar surface area (TPSA) is 79.4 Å². The fraction of sp³-hybridized carbons (Fsp3) is 0.433. The molecule has 1 aromatic carbocycles. The van der Waals surface area contributed by atoms with Crippen LogP contribution < -0.4 is 5.32 Å². The van der Waals surface area contributed by atoms with Gasteiger partial charge in [-0.25, -0.2) is 13.8 Å². The molecule has 1 amide bonds. The number of hydrogen-bond donors (Lipinski definition) is 1. The summed E-state index contributed by atoms with van der Waals surface area (Å²) in [6.07, 6.45) is 3.38. The molecule has 1 N–H and O–H groups in total. The molecule has 0 saturated carbocycles. The van der Waals surface area contributed by atoms with Crippen molar-refractivity contribution in [1.29, 1.82) is 0 Å². The second-order valence-electron chi connectivity index (χ2n) is 10.8. The van der Waals surface area contributed by atoms with Crippen molar-refractivity contribution in [2.75, 3.05) is 33.2 Å². The Balaban J connectivity index is 1.11. The summed E-state index contributed by atoms with van der Waals surface area (Å²) in [6.45, 7) is 3.21. The Labute approximate surface area is 232 Å². The van der Waals surface area contributed by atoms with E-state index >= 15 is 4.39 Å². The van der Waals surface area contributed by atoms with E-state index in [-0.39, 0.29) is 24.7 Å². The highest BCUT2D eigenvalue weighted by Crippen LogP contribution is 2.35. The van der Waals surface area contributed by atoms with E-state index in [1.165, 1.54) is 12.1 Å². The van der Waals surface area contributed by atoms with Crippen molar-refractivity contribution in [3.63, 3.8) is 0 Å². The number of nitrogens with one attached hydrogen (secondary N) is 1. The molecule has 6 rings (SSSR count). The Morgan fingerprint density at radius 3 is 2.58 bits per heavy atom. The molecule has 0 aliphatic carbocycles. The van der Waals surface area contributed by atoms with E-state index < -0.39 is 11.6 Å². The number of fused-ring (bicyclic) bond motifs is 1. The first kappa shape index (κ1) is 26.6. The van der Waals surface area contributed by atoms with Crippen LogP contribution in [-0.4, -0.2) is 69.1 Å². The zero-order chi connectivity index (χ0) is 27.7. The fourth-order valence-electron chi connectivity index (χ4n) is 6.00. The molecule has 8 nitrogen and oxygen atoms in total. The van der Waals surface area contributed by atoms with Crippen LogP contribution in [-0.2, 0) is 17.9 Å². The monoisotopic (exact) mass is 548 g/mol. The van der Waals surface area contributed by atoms with Crippen molar-refractivity contribution in [2.24, 2.45) is 0 Å². The Morgan fingerprint density at radius 1 is 1.07 bits per heavy atom. The summed E-state index contributed by atoms with van der Waals surface area (Å²) in [4.78, 5) is 26.4. The van der Waals surface area contributed by atoms with Crippen LogP contribution in [0.1, 0.15) is 43.2 Å². The first-order chi connectivity index (χ1) is 19.4. The molecule has 4 aromatic rings. The van der Waals surface area contributed by atoms with E-state index in [0.29, 0.717) is 69.1 Å². The molecule has 2 aliphatic heterocycles. The van der Waals surface area contributed by atoms with Crippen LogP contribution in [0.2, 0.25) is 0 Å². The lowest BCUT2D eigenvalue weighted by atomic mass is 9.90. The van der Waals surface area contributed by atoms with Gasteiger partial charge < -0.3 is 19.2 Å². The van der Waals surface area contributed by atoms with Gasteiger partial charge in [-0.2, -0.15) is 0 Å². The average molecular weight is 549 g/mol. The van der Waals surface area contributed by atoms with Gasteiger partial charge in [0.25, 0.3) is 5.91 Å². The largest absolute Gasteiger partial charge is 0.463 e. The summed E-state index contributed by atoms with van der Waals surface area (Å²) in [5.41, 5.74) is 0.263. The van der Waals surface area contributed by atoms with Crippen LogP contribution >= 0.6 is 0 Å². The molecule has 3 aromatic heterocycles. The number of amides is 1. The van der Waals surface area contributed by atoms with Gasteiger partial charge in [-0.15, -0.1) is 0 Å². The van der Waals surface area contributed by atoms with Crippen molar-refractivity contribution in [3.05, 3.63) is 72.1 Å². The van der Waals surface area contributed by atoms with Crippen molar-refractivity contribution >= 4 is 16.9 Å². The van der Waals surface area contributed by atoms with E-state index in [1.807, 2.05) is 37.4 Å². The predicted molar refractivity (Wildman–Crippen MR) is 148 cm³/mol. The molecule has 0 atom stereocenters. The zero-order valence-corrected chi connectivity index (χ0v) is 22.7. The number of nitrogens with zero attached hydrogens (tertiary/aromatic N) is 5. The number of likely N-dealkylation sites (tertiary alicyclic amines) is 2. The van der Waals surface area contributed by atoms with Gasteiger partial charge in [-0.05, 0) is 56.3 Å². The SMILES string of the molecule is CNCc1ccc(CN2CCC(F)(C(=O)N3CCC(n4c(-c5ccccn5)nc5cc(F)ccc54)CC3)CC2)o1. The van der Waals surface area contributed by atoms with E-state index in [0.717, 1.165) is 17.0 Å². The number of alkyl halides is 1. The smallest absolute Gasteiger partial charge is 0.260 e. The van der Waals surface area contributed by atoms with E-state index in [2.05, 4.69) is 19.8 Å². The summed E-state index contributed by atoms with van der Waals surface area (Å²) in [6, 6.07) is 14.2. The highest BCUT2D eigenvalue weighted by molar-refractivity contribution is 5.85. The molecule has 0 bridgehead atoms. The summed E-state index contributed by atoms with van der Waals surface area (Å²) in [5, 5.41) is 3.07. The molecule has 40 heavy (non-hydrogen) atoms. The van der Waals surface area contributed by atoms with E-state index in [9.17, 15) is 9.18 Å². The standard InChI is InChI=1S/C30H34F2N6O2/c1-33-19-23-6-7-24(40-23)20-36-16-11-30(32,12-17-36)29(39)37-14-9-22(10-15-37)38-27-8-5-21(31)18-26(27)35-28(38)25-4-2-3-13-34-25/h2-8,13,18,22,33H,9-12,14-17,19-20H2,1H3. The maximum absolute atomic E-state index is 16.0. The van der Waals surface area contributed by atoms with Crippen LogP contribution in [0.4, 0.5) is 8.78 Å². The van der Waals surface area contributed by atoms with Gasteiger partial charge in [0.2, 0.25) is 0 Å². The minimum absolute atomic E-state index is 0.0371. The number of carbonyl (C=O) groups is 1. The molecule has 210 valence electrons. The number of aromatic nitrogens is 3. The lowest BCUT2D eigenvalue weighted by Crippen LogP contribution is -2.53.